The first-order chi connectivity index (χ1) is 8.54. The van der Waals surface area contributed by atoms with Crippen LogP contribution >= 0.6 is 0 Å². The molecule has 2 rings (SSSR count). The van der Waals surface area contributed by atoms with Gasteiger partial charge in [-0.15, -0.1) is 0 Å². The van der Waals surface area contributed by atoms with Gasteiger partial charge in [0.25, 0.3) is 5.91 Å². The van der Waals surface area contributed by atoms with Crippen LogP contribution < -0.4 is 20.7 Å². The summed E-state index contributed by atoms with van der Waals surface area (Å²) in [6.45, 7) is 2.05. The Balaban J connectivity index is 2.39. The van der Waals surface area contributed by atoms with Gasteiger partial charge in [-0.1, -0.05) is 6.07 Å². The molecule has 1 heterocycles. The third-order valence-corrected chi connectivity index (χ3v) is 3.27. The lowest BCUT2D eigenvalue weighted by Crippen LogP contribution is -2.36. The number of likely N-dealkylation sites (N-methyl/N-ethyl adjacent to an activating group) is 2. The van der Waals surface area contributed by atoms with Gasteiger partial charge in [-0.2, -0.15) is 0 Å². The van der Waals surface area contributed by atoms with Crippen molar-refractivity contribution in [2.75, 3.05) is 25.6 Å². The molecule has 3 N–H and O–H groups in total. The number of hydrogen-bond donors (Lipinski definition) is 2. The molecular formula is C13H19N3O2. The Kier molecular flexibility index (Phi) is 3.54. The highest BCUT2D eigenvalue weighted by atomic mass is 16.5. The van der Waals surface area contributed by atoms with Crippen LogP contribution in [-0.4, -0.2) is 32.7 Å². The predicted molar refractivity (Wildman–Crippen MR) is 70.8 cm³/mol. The molecule has 0 saturated heterocycles. The number of benzene rings is 1. The van der Waals surface area contributed by atoms with E-state index in [4.69, 9.17) is 10.5 Å². The second kappa shape index (κ2) is 4.96. The zero-order chi connectivity index (χ0) is 13.3. The second-order valence-corrected chi connectivity index (χ2v) is 4.59. The van der Waals surface area contributed by atoms with E-state index in [9.17, 15) is 4.79 Å². The van der Waals surface area contributed by atoms with Crippen molar-refractivity contribution < 1.29 is 9.53 Å². The Morgan fingerprint density at radius 2 is 2.22 bits per heavy atom. The number of nitrogens with one attached hydrogen (secondary N) is 1. The van der Waals surface area contributed by atoms with Crippen LogP contribution in [0.5, 0.6) is 5.75 Å². The smallest absolute Gasteiger partial charge is 0.264 e. The maximum Gasteiger partial charge on any atom is 0.264 e. The van der Waals surface area contributed by atoms with Crippen LogP contribution in [0.25, 0.3) is 0 Å². The minimum absolute atomic E-state index is 0.0152. The molecule has 5 heteroatoms. The summed E-state index contributed by atoms with van der Waals surface area (Å²) in [7, 11) is 3.63. The van der Waals surface area contributed by atoms with Crippen LogP contribution in [0.3, 0.4) is 0 Å². The summed E-state index contributed by atoms with van der Waals surface area (Å²) in [5.74, 6) is 0.696. The summed E-state index contributed by atoms with van der Waals surface area (Å²) in [5.41, 5.74) is 7.79. The molecule has 1 aromatic carbocycles. The van der Waals surface area contributed by atoms with Crippen molar-refractivity contribution in [1.29, 1.82) is 0 Å². The molecular weight excluding hydrogens is 230 g/mol. The Bertz CT molecular complexity index is 460. The van der Waals surface area contributed by atoms with E-state index < -0.39 is 0 Å². The summed E-state index contributed by atoms with van der Waals surface area (Å²) in [6, 6.07) is 5.86. The first-order valence-corrected chi connectivity index (χ1v) is 6.00. The topological polar surface area (TPSA) is 67.6 Å². The number of ether oxygens (including phenoxy) is 1. The van der Waals surface area contributed by atoms with Crippen LogP contribution in [0.15, 0.2) is 18.2 Å². The highest BCUT2D eigenvalue weighted by Gasteiger charge is 2.24. The maximum atomic E-state index is 11.6. The Morgan fingerprint density at radius 3 is 2.83 bits per heavy atom. The third kappa shape index (κ3) is 2.19. The first kappa shape index (κ1) is 12.9. The van der Waals surface area contributed by atoms with E-state index in [1.165, 1.54) is 0 Å². The third-order valence-electron chi connectivity index (χ3n) is 3.27. The average Bonchev–Trinajstić information content (AvgIpc) is 2.35. The van der Waals surface area contributed by atoms with Gasteiger partial charge in [0.1, 0.15) is 5.75 Å². The Hall–Kier alpha value is -1.59. The summed E-state index contributed by atoms with van der Waals surface area (Å²) in [4.78, 5) is 13.2. The van der Waals surface area contributed by atoms with E-state index in [1.54, 1.807) is 11.9 Å². The van der Waals surface area contributed by atoms with Gasteiger partial charge < -0.3 is 20.7 Å². The molecule has 0 aliphatic carbocycles. The minimum Gasteiger partial charge on any atom is -0.482 e. The van der Waals surface area contributed by atoms with Crippen LogP contribution in [-0.2, 0) is 4.79 Å². The molecule has 0 spiro atoms. The summed E-state index contributed by atoms with van der Waals surface area (Å²) >= 11 is 0. The van der Waals surface area contributed by atoms with Gasteiger partial charge in [0.2, 0.25) is 0 Å². The van der Waals surface area contributed by atoms with Crippen LogP contribution in [0.4, 0.5) is 5.69 Å². The molecule has 18 heavy (non-hydrogen) atoms. The van der Waals surface area contributed by atoms with Crippen molar-refractivity contribution in [3.63, 3.8) is 0 Å². The lowest BCUT2D eigenvalue weighted by molar-refractivity contribution is -0.120. The summed E-state index contributed by atoms with van der Waals surface area (Å²) in [6.07, 6.45) is 0. The molecule has 1 aliphatic heterocycles. The molecule has 1 amide bonds. The number of carbonyl (C=O) groups is 1. The monoisotopic (exact) mass is 249 g/mol. The molecule has 0 aromatic heterocycles. The van der Waals surface area contributed by atoms with Gasteiger partial charge in [-0.25, -0.2) is 0 Å². The van der Waals surface area contributed by atoms with Crippen molar-refractivity contribution in [3.05, 3.63) is 23.8 Å². The number of rotatable bonds is 3. The first-order valence-electron chi connectivity index (χ1n) is 6.00. The predicted octanol–water partition coefficient (Wildman–Crippen LogP) is 0.649. The Labute approximate surface area is 107 Å². The lowest BCUT2D eigenvalue weighted by Gasteiger charge is -2.28. The number of nitrogens with zero attached hydrogens (tertiary/aromatic N) is 1. The zero-order valence-corrected chi connectivity index (χ0v) is 10.9. The van der Waals surface area contributed by atoms with Crippen molar-refractivity contribution in [3.8, 4) is 5.75 Å². The van der Waals surface area contributed by atoms with Crippen molar-refractivity contribution >= 4 is 11.6 Å². The highest BCUT2D eigenvalue weighted by molar-refractivity contribution is 5.97. The largest absolute Gasteiger partial charge is 0.482 e. The fourth-order valence-electron chi connectivity index (χ4n) is 2.22. The van der Waals surface area contributed by atoms with E-state index in [0.29, 0.717) is 0 Å². The summed E-state index contributed by atoms with van der Waals surface area (Å²) in [5, 5.41) is 3.18. The standard InChI is InChI=1S/C13H19N3O2/c1-8(14)13(15-2)9-4-5-11-10(6-9)16(3)12(17)7-18-11/h4-6,8,13,15H,7,14H2,1-3H3. The Morgan fingerprint density at radius 1 is 1.50 bits per heavy atom. The van der Waals surface area contributed by atoms with E-state index >= 15 is 0 Å². The zero-order valence-electron chi connectivity index (χ0n) is 10.9. The number of anilines is 1. The van der Waals surface area contributed by atoms with Gasteiger partial charge in [0.15, 0.2) is 6.61 Å². The van der Waals surface area contributed by atoms with Crippen LogP contribution in [0.2, 0.25) is 0 Å². The van der Waals surface area contributed by atoms with Crippen molar-refractivity contribution in [2.24, 2.45) is 5.73 Å². The number of hydrogen-bond acceptors (Lipinski definition) is 4. The molecule has 0 radical (unpaired) electrons. The maximum absolute atomic E-state index is 11.6. The van der Waals surface area contributed by atoms with E-state index in [0.717, 1.165) is 17.0 Å². The number of amides is 1. The second-order valence-electron chi connectivity index (χ2n) is 4.59. The minimum atomic E-state index is -0.0403. The SMILES string of the molecule is CNC(c1ccc2c(c1)N(C)C(=O)CO2)C(C)N. The van der Waals surface area contributed by atoms with E-state index in [-0.39, 0.29) is 24.6 Å². The summed E-state index contributed by atoms with van der Waals surface area (Å²) < 4.78 is 5.39. The molecule has 2 atom stereocenters. The molecule has 2 unspecified atom stereocenters. The molecule has 0 bridgehead atoms. The number of fused-ring (bicyclic) bond motifs is 1. The molecule has 1 aliphatic rings. The van der Waals surface area contributed by atoms with Gasteiger partial charge in [-0.3, -0.25) is 4.79 Å². The van der Waals surface area contributed by atoms with E-state index in [2.05, 4.69) is 5.32 Å². The van der Waals surface area contributed by atoms with Gasteiger partial charge in [-0.05, 0) is 31.7 Å². The van der Waals surface area contributed by atoms with Gasteiger partial charge in [0, 0.05) is 19.1 Å². The van der Waals surface area contributed by atoms with Crippen molar-refractivity contribution in [1.82, 2.24) is 5.32 Å². The highest BCUT2D eigenvalue weighted by Crippen LogP contribution is 2.33. The van der Waals surface area contributed by atoms with Crippen molar-refractivity contribution in [2.45, 2.75) is 19.0 Å². The molecule has 5 nitrogen and oxygen atoms in total. The number of nitrogens with two attached hydrogens (primary N) is 1. The van der Waals surface area contributed by atoms with Crippen LogP contribution in [0.1, 0.15) is 18.5 Å². The van der Waals surface area contributed by atoms with Gasteiger partial charge >= 0.3 is 0 Å². The average molecular weight is 249 g/mol. The number of carbonyl (C=O) groups excluding carboxylic acids is 1. The quantitative estimate of drug-likeness (QED) is 0.825. The normalized spacial score (nSPS) is 18.0. The lowest BCUT2D eigenvalue weighted by atomic mass is 10.00. The van der Waals surface area contributed by atoms with Gasteiger partial charge in [0.05, 0.1) is 5.69 Å². The molecule has 98 valence electrons. The fraction of sp³-hybridized carbons (Fsp3) is 0.462. The molecule has 0 saturated carbocycles. The van der Waals surface area contributed by atoms with Crippen LogP contribution in [0, 0.1) is 0 Å². The fourth-order valence-corrected chi connectivity index (χ4v) is 2.22. The van der Waals surface area contributed by atoms with E-state index in [1.807, 2.05) is 32.2 Å². The molecule has 0 fully saturated rings. The molecule has 1 aromatic rings.